The maximum absolute atomic E-state index is 4.13. The van der Waals surface area contributed by atoms with Crippen molar-refractivity contribution in [3.8, 4) is 0 Å². The molecule has 60 valence electrons. The summed E-state index contributed by atoms with van der Waals surface area (Å²) in [5.74, 6) is 0.789. The Balaban J connectivity index is 3.57. The van der Waals surface area contributed by atoms with E-state index in [4.69, 9.17) is 0 Å². The van der Waals surface area contributed by atoms with Crippen LogP contribution in [0.3, 0.4) is 0 Å². The lowest BCUT2D eigenvalue weighted by Crippen LogP contribution is -2.28. The lowest BCUT2D eigenvalue weighted by Gasteiger charge is -2.21. The number of hydrogen-bond donors (Lipinski definition) is 1. The first-order valence-corrected chi connectivity index (χ1v) is 4.19. The van der Waals surface area contributed by atoms with Gasteiger partial charge in [0.25, 0.3) is 0 Å². The standard InChI is InChI=1S/C8H17NS/c1-7(2)9(4)5-8(3)6-10/h7,10H,3,5-6H2,1-2,4H3. The summed E-state index contributed by atoms with van der Waals surface area (Å²) >= 11 is 4.13. The lowest BCUT2D eigenvalue weighted by atomic mass is 10.3. The topological polar surface area (TPSA) is 3.24 Å². The molecule has 2 heteroatoms. The first-order chi connectivity index (χ1) is 4.57. The highest BCUT2D eigenvalue weighted by Crippen LogP contribution is 2.00. The van der Waals surface area contributed by atoms with Crippen molar-refractivity contribution >= 4 is 12.6 Å². The molecule has 1 nitrogen and oxygen atoms in total. The van der Waals surface area contributed by atoms with Gasteiger partial charge in [-0.25, -0.2) is 0 Å². The normalized spacial score (nSPS) is 11.0. The van der Waals surface area contributed by atoms with Crippen LogP contribution in [0.5, 0.6) is 0 Å². The number of rotatable bonds is 4. The van der Waals surface area contributed by atoms with E-state index in [1.165, 1.54) is 5.57 Å². The Morgan fingerprint density at radius 1 is 1.60 bits per heavy atom. The van der Waals surface area contributed by atoms with Crippen LogP contribution in [0.25, 0.3) is 0 Å². The number of hydrogen-bond acceptors (Lipinski definition) is 2. The van der Waals surface area contributed by atoms with Crippen LogP contribution >= 0.6 is 12.6 Å². The minimum absolute atomic E-state index is 0.594. The molecule has 0 aromatic rings. The Labute approximate surface area is 69.5 Å². The summed E-state index contributed by atoms with van der Waals surface area (Å²) in [5, 5.41) is 0. The molecule has 0 heterocycles. The molecule has 0 aliphatic carbocycles. The Morgan fingerprint density at radius 3 is 2.40 bits per heavy atom. The van der Waals surface area contributed by atoms with Crippen molar-refractivity contribution in [3.05, 3.63) is 12.2 Å². The van der Waals surface area contributed by atoms with E-state index in [0.29, 0.717) is 6.04 Å². The molecule has 10 heavy (non-hydrogen) atoms. The third-order valence-electron chi connectivity index (χ3n) is 1.58. The third kappa shape index (κ3) is 3.96. The van der Waals surface area contributed by atoms with Crippen molar-refractivity contribution in [2.45, 2.75) is 19.9 Å². The average Bonchev–Trinajstić information content (AvgIpc) is 1.87. The summed E-state index contributed by atoms with van der Waals surface area (Å²) in [7, 11) is 2.10. The second-order valence-electron chi connectivity index (χ2n) is 2.92. The first kappa shape index (κ1) is 10.0. The van der Waals surface area contributed by atoms with Crippen molar-refractivity contribution in [3.63, 3.8) is 0 Å². The second-order valence-corrected chi connectivity index (χ2v) is 3.23. The van der Waals surface area contributed by atoms with Gasteiger partial charge in [0, 0.05) is 18.3 Å². The van der Waals surface area contributed by atoms with E-state index in [1.807, 2.05) is 0 Å². The summed E-state index contributed by atoms with van der Waals surface area (Å²) < 4.78 is 0. The molecule has 0 spiro atoms. The Bertz CT molecular complexity index is 110. The largest absolute Gasteiger partial charge is 0.300 e. The highest BCUT2D eigenvalue weighted by Gasteiger charge is 2.02. The fraction of sp³-hybridized carbons (Fsp3) is 0.750. The van der Waals surface area contributed by atoms with E-state index in [1.54, 1.807) is 0 Å². The van der Waals surface area contributed by atoms with Crippen molar-refractivity contribution < 1.29 is 0 Å². The molecule has 0 amide bonds. The SMILES string of the molecule is C=C(CS)CN(C)C(C)C. The molecule has 0 radical (unpaired) electrons. The van der Waals surface area contributed by atoms with Crippen LogP contribution in [0.1, 0.15) is 13.8 Å². The van der Waals surface area contributed by atoms with Crippen LogP contribution in [0.15, 0.2) is 12.2 Å². The quantitative estimate of drug-likeness (QED) is 0.484. The van der Waals surface area contributed by atoms with E-state index >= 15 is 0 Å². The number of likely N-dealkylation sites (N-methyl/N-ethyl adjacent to an activating group) is 1. The monoisotopic (exact) mass is 159 g/mol. The van der Waals surface area contributed by atoms with Crippen LogP contribution < -0.4 is 0 Å². The Hall–Kier alpha value is 0.0500. The fourth-order valence-electron chi connectivity index (χ4n) is 0.585. The lowest BCUT2D eigenvalue weighted by molar-refractivity contribution is 0.297. The molecule has 0 aromatic carbocycles. The molecule has 0 saturated heterocycles. The highest BCUT2D eigenvalue weighted by atomic mass is 32.1. The van der Waals surface area contributed by atoms with Crippen LogP contribution in [0.2, 0.25) is 0 Å². The molecule has 0 aliphatic heterocycles. The van der Waals surface area contributed by atoms with Crippen LogP contribution in [0.4, 0.5) is 0 Å². The van der Waals surface area contributed by atoms with E-state index in [0.717, 1.165) is 12.3 Å². The number of thiol groups is 1. The molecular weight excluding hydrogens is 142 g/mol. The molecule has 0 rings (SSSR count). The van der Waals surface area contributed by atoms with Gasteiger partial charge in [-0.3, -0.25) is 0 Å². The highest BCUT2D eigenvalue weighted by molar-refractivity contribution is 7.80. The Kier molecular flexibility index (Phi) is 4.83. The minimum atomic E-state index is 0.594. The molecular formula is C8H17NS. The van der Waals surface area contributed by atoms with Gasteiger partial charge in [-0.15, -0.1) is 0 Å². The molecule has 0 N–H and O–H groups in total. The fourth-order valence-corrected chi connectivity index (χ4v) is 0.685. The van der Waals surface area contributed by atoms with Crippen LogP contribution in [-0.4, -0.2) is 30.3 Å². The maximum Gasteiger partial charge on any atom is 0.0198 e. The van der Waals surface area contributed by atoms with Crippen LogP contribution in [-0.2, 0) is 0 Å². The predicted octanol–water partition coefficient (Wildman–Crippen LogP) is 1.81. The van der Waals surface area contributed by atoms with Gasteiger partial charge in [-0.1, -0.05) is 12.2 Å². The summed E-state index contributed by atoms with van der Waals surface area (Å²) in [6.07, 6.45) is 0. The van der Waals surface area contributed by atoms with Gasteiger partial charge < -0.3 is 4.90 Å². The summed E-state index contributed by atoms with van der Waals surface area (Å²) in [4.78, 5) is 2.25. The van der Waals surface area contributed by atoms with Crippen LogP contribution in [0, 0.1) is 0 Å². The predicted molar refractivity (Wildman–Crippen MR) is 50.8 cm³/mol. The Morgan fingerprint density at radius 2 is 2.10 bits per heavy atom. The number of nitrogens with zero attached hydrogens (tertiary/aromatic N) is 1. The average molecular weight is 159 g/mol. The summed E-state index contributed by atoms with van der Waals surface area (Å²) in [6, 6.07) is 0.594. The van der Waals surface area contributed by atoms with Gasteiger partial charge >= 0.3 is 0 Å². The second kappa shape index (κ2) is 4.80. The summed E-state index contributed by atoms with van der Waals surface area (Å²) in [5.41, 5.74) is 1.18. The van der Waals surface area contributed by atoms with Gasteiger partial charge in [0.15, 0.2) is 0 Å². The van der Waals surface area contributed by atoms with E-state index in [9.17, 15) is 0 Å². The van der Waals surface area contributed by atoms with Gasteiger partial charge in [-0.2, -0.15) is 12.6 Å². The zero-order valence-corrected chi connectivity index (χ0v) is 7.99. The molecule has 0 aliphatic rings. The molecule has 0 bridgehead atoms. The molecule has 0 saturated carbocycles. The van der Waals surface area contributed by atoms with Gasteiger partial charge in [0.05, 0.1) is 0 Å². The zero-order valence-electron chi connectivity index (χ0n) is 7.09. The summed E-state index contributed by atoms with van der Waals surface area (Å²) in [6.45, 7) is 9.18. The first-order valence-electron chi connectivity index (χ1n) is 3.55. The maximum atomic E-state index is 4.13. The van der Waals surface area contributed by atoms with E-state index in [-0.39, 0.29) is 0 Å². The third-order valence-corrected chi connectivity index (χ3v) is 2.03. The smallest absolute Gasteiger partial charge is 0.0198 e. The minimum Gasteiger partial charge on any atom is -0.300 e. The van der Waals surface area contributed by atoms with Gasteiger partial charge in [0.2, 0.25) is 0 Å². The molecule has 0 unspecified atom stereocenters. The van der Waals surface area contributed by atoms with E-state index in [2.05, 4.69) is 45.0 Å². The van der Waals surface area contributed by atoms with E-state index < -0.39 is 0 Å². The molecule has 0 aromatic heterocycles. The van der Waals surface area contributed by atoms with Crippen molar-refractivity contribution in [1.82, 2.24) is 4.90 Å². The van der Waals surface area contributed by atoms with Crippen molar-refractivity contribution in [1.29, 1.82) is 0 Å². The van der Waals surface area contributed by atoms with Crippen molar-refractivity contribution in [2.24, 2.45) is 0 Å². The van der Waals surface area contributed by atoms with Gasteiger partial charge in [-0.05, 0) is 20.9 Å². The molecule has 0 fully saturated rings. The van der Waals surface area contributed by atoms with Gasteiger partial charge in [0.1, 0.15) is 0 Å². The van der Waals surface area contributed by atoms with Crippen molar-refractivity contribution in [2.75, 3.05) is 19.3 Å². The molecule has 0 atom stereocenters. The zero-order chi connectivity index (χ0) is 8.15.